The Hall–Kier alpha value is -1.43. The normalized spacial score (nSPS) is 17.7. The van der Waals surface area contributed by atoms with E-state index in [9.17, 15) is 4.79 Å². The SMILES string of the molecule is Cc1nnc(NC(=O)C2CCNCC2)o1. The minimum Gasteiger partial charge on any atom is -0.408 e. The zero-order valence-electron chi connectivity index (χ0n) is 8.62. The fraction of sp³-hybridized carbons (Fsp3) is 0.667. The van der Waals surface area contributed by atoms with E-state index in [0.717, 1.165) is 25.9 Å². The zero-order chi connectivity index (χ0) is 10.7. The number of rotatable bonds is 2. The van der Waals surface area contributed by atoms with Crippen LogP contribution in [0.4, 0.5) is 6.01 Å². The van der Waals surface area contributed by atoms with Crippen LogP contribution in [0.25, 0.3) is 0 Å². The highest BCUT2D eigenvalue weighted by Crippen LogP contribution is 2.14. The molecule has 0 spiro atoms. The number of hydrogen-bond acceptors (Lipinski definition) is 5. The van der Waals surface area contributed by atoms with Crippen LogP contribution in [-0.2, 0) is 4.79 Å². The molecule has 6 nitrogen and oxygen atoms in total. The summed E-state index contributed by atoms with van der Waals surface area (Å²) in [6, 6.07) is 0.191. The van der Waals surface area contributed by atoms with Gasteiger partial charge in [0.2, 0.25) is 11.8 Å². The number of anilines is 1. The van der Waals surface area contributed by atoms with Gasteiger partial charge in [-0.2, -0.15) is 0 Å². The Morgan fingerprint density at radius 2 is 2.20 bits per heavy atom. The van der Waals surface area contributed by atoms with E-state index in [4.69, 9.17) is 4.42 Å². The average Bonchev–Trinajstić information content (AvgIpc) is 2.65. The van der Waals surface area contributed by atoms with Gasteiger partial charge in [-0.3, -0.25) is 10.1 Å². The molecule has 1 aromatic rings. The molecule has 1 amide bonds. The van der Waals surface area contributed by atoms with E-state index >= 15 is 0 Å². The van der Waals surface area contributed by atoms with Crippen LogP contribution >= 0.6 is 0 Å². The maximum Gasteiger partial charge on any atom is 0.322 e. The summed E-state index contributed by atoms with van der Waals surface area (Å²) in [5.74, 6) is 0.481. The molecule has 0 aliphatic carbocycles. The summed E-state index contributed by atoms with van der Waals surface area (Å²) >= 11 is 0. The lowest BCUT2D eigenvalue weighted by atomic mass is 9.97. The molecular weight excluding hydrogens is 196 g/mol. The van der Waals surface area contributed by atoms with E-state index in [1.54, 1.807) is 6.92 Å². The summed E-state index contributed by atoms with van der Waals surface area (Å²) < 4.78 is 5.08. The van der Waals surface area contributed by atoms with E-state index < -0.39 is 0 Å². The number of nitrogens with zero attached hydrogens (tertiary/aromatic N) is 2. The molecular formula is C9H14N4O2. The van der Waals surface area contributed by atoms with Crippen molar-refractivity contribution in [3.63, 3.8) is 0 Å². The lowest BCUT2D eigenvalue weighted by molar-refractivity contribution is -0.120. The van der Waals surface area contributed by atoms with Crippen molar-refractivity contribution in [1.82, 2.24) is 15.5 Å². The van der Waals surface area contributed by atoms with Crippen LogP contribution in [0, 0.1) is 12.8 Å². The zero-order valence-corrected chi connectivity index (χ0v) is 8.62. The smallest absolute Gasteiger partial charge is 0.322 e. The molecule has 82 valence electrons. The Morgan fingerprint density at radius 1 is 1.47 bits per heavy atom. The number of hydrogen-bond donors (Lipinski definition) is 2. The molecule has 1 aliphatic rings. The summed E-state index contributed by atoms with van der Waals surface area (Å²) in [7, 11) is 0. The van der Waals surface area contributed by atoms with Gasteiger partial charge in [0, 0.05) is 12.8 Å². The van der Waals surface area contributed by atoms with Crippen molar-refractivity contribution in [2.75, 3.05) is 18.4 Å². The van der Waals surface area contributed by atoms with Gasteiger partial charge in [-0.25, -0.2) is 0 Å². The number of amides is 1. The molecule has 1 fully saturated rings. The van der Waals surface area contributed by atoms with Crippen LogP contribution in [0.2, 0.25) is 0 Å². The molecule has 0 saturated carbocycles. The lowest BCUT2D eigenvalue weighted by Crippen LogP contribution is -2.34. The highest BCUT2D eigenvalue weighted by atomic mass is 16.4. The summed E-state index contributed by atoms with van der Waals surface area (Å²) in [5.41, 5.74) is 0. The quantitative estimate of drug-likeness (QED) is 0.734. The Morgan fingerprint density at radius 3 is 2.80 bits per heavy atom. The van der Waals surface area contributed by atoms with Crippen molar-refractivity contribution in [1.29, 1.82) is 0 Å². The highest BCUT2D eigenvalue weighted by molar-refractivity contribution is 5.90. The number of piperidine rings is 1. The van der Waals surface area contributed by atoms with Gasteiger partial charge in [0.05, 0.1) is 0 Å². The third-order valence-electron chi connectivity index (χ3n) is 2.47. The van der Waals surface area contributed by atoms with Crippen molar-refractivity contribution < 1.29 is 9.21 Å². The molecule has 0 aromatic carbocycles. The van der Waals surface area contributed by atoms with Gasteiger partial charge in [0.25, 0.3) is 0 Å². The number of aryl methyl sites for hydroxylation is 1. The molecule has 1 aromatic heterocycles. The van der Waals surface area contributed by atoms with E-state index in [0.29, 0.717) is 5.89 Å². The molecule has 0 unspecified atom stereocenters. The first-order chi connectivity index (χ1) is 7.25. The highest BCUT2D eigenvalue weighted by Gasteiger charge is 2.22. The van der Waals surface area contributed by atoms with E-state index in [1.165, 1.54) is 0 Å². The molecule has 2 rings (SSSR count). The van der Waals surface area contributed by atoms with Gasteiger partial charge in [0.1, 0.15) is 0 Å². The molecule has 15 heavy (non-hydrogen) atoms. The average molecular weight is 210 g/mol. The number of aromatic nitrogens is 2. The lowest BCUT2D eigenvalue weighted by Gasteiger charge is -2.20. The summed E-state index contributed by atoms with van der Waals surface area (Å²) in [6.07, 6.45) is 1.72. The van der Waals surface area contributed by atoms with Crippen LogP contribution in [-0.4, -0.2) is 29.2 Å². The van der Waals surface area contributed by atoms with Gasteiger partial charge in [0.15, 0.2) is 0 Å². The first-order valence-electron chi connectivity index (χ1n) is 5.07. The summed E-state index contributed by atoms with van der Waals surface area (Å²) in [4.78, 5) is 11.7. The Kier molecular flexibility index (Phi) is 2.96. The Bertz CT molecular complexity index is 344. The number of carbonyl (C=O) groups excluding carboxylic acids is 1. The fourth-order valence-corrected chi connectivity index (χ4v) is 1.64. The van der Waals surface area contributed by atoms with Crippen LogP contribution < -0.4 is 10.6 Å². The van der Waals surface area contributed by atoms with Crippen LogP contribution in [0.5, 0.6) is 0 Å². The maximum absolute atomic E-state index is 11.7. The van der Waals surface area contributed by atoms with Crippen LogP contribution in [0.3, 0.4) is 0 Å². The van der Waals surface area contributed by atoms with Crippen molar-refractivity contribution in [3.8, 4) is 0 Å². The second-order valence-corrected chi connectivity index (χ2v) is 3.64. The van der Waals surface area contributed by atoms with Crippen molar-refractivity contribution in [2.45, 2.75) is 19.8 Å². The summed E-state index contributed by atoms with van der Waals surface area (Å²) in [5, 5.41) is 13.2. The van der Waals surface area contributed by atoms with Crippen LogP contribution in [0.1, 0.15) is 18.7 Å². The first-order valence-corrected chi connectivity index (χ1v) is 5.07. The third kappa shape index (κ3) is 2.53. The van der Waals surface area contributed by atoms with Crippen molar-refractivity contribution >= 4 is 11.9 Å². The Labute approximate surface area is 87.4 Å². The van der Waals surface area contributed by atoms with Crippen molar-refractivity contribution in [3.05, 3.63) is 5.89 Å². The summed E-state index contributed by atoms with van der Waals surface area (Å²) in [6.45, 7) is 3.47. The Balaban J connectivity index is 1.91. The molecule has 0 bridgehead atoms. The second kappa shape index (κ2) is 4.39. The van der Waals surface area contributed by atoms with Crippen LogP contribution in [0.15, 0.2) is 4.42 Å². The number of carbonyl (C=O) groups is 1. The van der Waals surface area contributed by atoms with Gasteiger partial charge in [-0.1, -0.05) is 5.10 Å². The minimum absolute atomic E-state index is 0.0276. The second-order valence-electron chi connectivity index (χ2n) is 3.64. The molecule has 0 radical (unpaired) electrons. The van der Waals surface area contributed by atoms with Crippen molar-refractivity contribution in [2.24, 2.45) is 5.92 Å². The molecule has 2 N–H and O–H groups in total. The monoisotopic (exact) mass is 210 g/mol. The third-order valence-corrected chi connectivity index (χ3v) is 2.47. The van der Waals surface area contributed by atoms with Gasteiger partial charge in [-0.15, -0.1) is 5.10 Å². The van der Waals surface area contributed by atoms with Gasteiger partial charge < -0.3 is 9.73 Å². The maximum atomic E-state index is 11.7. The molecule has 0 atom stereocenters. The molecule has 1 saturated heterocycles. The van der Waals surface area contributed by atoms with Gasteiger partial charge >= 0.3 is 6.01 Å². The predicted molar refractivity (Wildman–Crippen MR) is 53.3 cm³/mol. The largest absolute Gasteiger partial charge is 0.408 e. The molecule has 6 heteroatoms. The number of nitrogens with one attached hydrogen (secondary N) is 2. The minimum atomic E-state index is -0.0276. The van der Waals surface area contributed by atoms with E-state index in [2.05, 4.69) is 20.8 Å². The fourth-order valence-electron chi connectivity index (χ4n) is 1.64. The van der Waals surface area contributed by atoms with E-state index in [1.807, 2.05) is 0 Å². The van der Waals surface area contributed by atoms with Gasteiger partial charge in [-0.05, 0) is 25.9 Å². The molecule has 1 aliphatic heterocycles. The molecule has 2 heterocycles. The standard InChI is InChI=1S/C9H14N4O2/c1-6-12-13-9(15-6)11-8(14)7-2-4-10-5-3-7/h7,10H,2-5H2,1H3,(H,11,13,14). The topological polar surface area (TPSA) is 80.0 Å². The first kappa shape index (κ1) is 10.1. The van der Waals surface area contributed by atoms with E-state index in [-0.39, 0.29) is 17.8 Å². The predicted octanol–water partition coefficient (Wildman–Crippen LogP) is 0.316.